The van der Waals surface area contributed by atoms with E-state index in [9.17, 15) is 10.2 Å². The average molecular weight is 340 g/mol. The molecule has 5 heteroatoms. The predicted molar refractivity (Wildman–Crippen MR) is 99.4 cm³/mol. The first kappa shape index (κ1) is 19.4. The molecule has 0 bridgehead atoms. The Morgan fingerprint density at radius 2 is 1.72 bits per heavy atom. The minimum atomic E-state index is -1.68. The number of hydrogen-bond donors (Lipinski definition) is 2. The number of methoxy groups -OCH3 is 1. The Balaban J connectivity index is 2.55. The van der Waals surface area contributed by atoms with Gasteiger partial charge in [-0.15, -0.1) is 0 Å². The van der Waals surface area contributed by atoms with Crippen molar-refractivity contribution in [2.75, 3.05) is 13.9 Å². The third kappa shape index (κ3) is 3.99. The lowest BCUT2D eigenvalue weighted by atomic mass is 9.67. The standard InChI is InChI=1S/C20H25BO4/c1-12(2)17-10-15(6-7-18(17)25-11-24-5)20(21,23)19-13(3)8-16(22)9-14(19)4/h6-10,12,22-23H,11H2,1-5H3. The summed E-state index contributed by atoms with van der Waals surface area (Å²) in [4.78, 5) is 0. The number of phenolic OH excluding ortho intramolecular Hbond substituents is 1. The third-order valence-electron chi connectivity index (χ3n) is 4.30. The second-order valence-electron chi connectivity index (χ2n) is 6.68. The first-order valence-electron chi connectivity index (χ1n) is 8.26. The van der Waals surface area contributed by atoms with Gasteiger partial charge in [-0.2, -0.15) is 0 Å². The van der Waals surface area contributed by atoms with Crippen molar-refractivity contribution < 1.29 is 19.7 Å². The molecule has 0 spiro atoms. The maximum Gasteiger partial charge on any atom is 0.188 e. The maximum atomic E-state index is 11.1. The number of hydrogen-bond acceptors (Lipinski definition) is 4. The van der Waals surface area contributed by atoms with Crippen LogP contribution in [-0.4, -0.2) is 32.0 Å². The smallest absolute Gasteiger partial charge is 0.188 e. The second-order valence-corrected chi connectivity index (χ2v) is 6.68. The van der Waals surface area contributed by atoms with Gasteiger partial charge < -0.3 is 19.7 Å². The van der Waals surface area contributed by atoms with Gasteiger partial charge >= 0.3 is 0 Å². The zero-order valence-corrected chi connectivity index (χ0v) is 15.5. The molecule has 132 valence electrons. The van der Waals surface area contributed by atoms with E-state index in [-0.39, 0.29) is 18.5 Å². The van der Waals surface area contributed by atoms with Gasteiger partial charge in [-0.25, -0.2) is 0 Å². The van der Waals surface area contributed by atoms with Crippen LogP contribution < -0.4 is 4.74 Å². The lowest BCUT2D eigenvalue weighted by Crippen LogP contribution is -2.30. The maximum absolute atomic E-state index is 11.1. The molecule has 4 nitrogen and oxygen atoms in total. The SMILES string of the molecule is [B]C(O)(c1ccc(OCOC)c(C(C)C)c1)c1c(C)cc(O)cc1C. The number of ether oxygens (including phenoxy) is 2. The van der Waals surface area contributed by atoms with Crippen LogP contribution in [0.1, 0.15) is 47.6 Å². The zero-order valence-electron chi connectivity index (χ0n) is 15.5. The third-order valence-corrected chi connectivity index (χ3v) is 4.30. The Labute approximate surface area is 150 Å². The van der Waals surface area contributed by atoms with Gasteiger partial charge in [0.05, 0.1) is 5.50 Å². The molecule has 0 saturated heterocycles. The van der Waals surface area contributed by atoms with Crippen molar-refractivity contribution in [1.82, 2.24) is 0 Å². The molecule has 1 unspecified atom stereocenters. The highest BCUT2D eigenvalue weighted by Crippen LogP contribution is 2.37. The summed E-state index contributed by atoms with van der Waals surface area (Å²) in [6, 6.07) is 8.61. The van der Waals surface area contributed by atoms with Crippen molar-refractivity contribution >= 4 is 7.85 Å². The summed E-state index contributed by atoms with van der Waals surface area (Å²) in [5.41, 5.74) is 1.88. The molecule has 0 aliphatic heterocycles. The summed E-state index contributed by atoms with van der Waals surface area (Å²) < 4.78 is 10.6. The van der Waals surface area contributed by atoms with Crippen LogP contribution in [0.2, 0.25) is 0 Å². The van der Waals surface area contributed by atoms with Crippen molar-refractivity contribution in [2.45, 2.75) is 39.1 Å². The van der Waals surface area contributed by atoms with E-state index in [2.05, 4.69) is 0 Å². The minimum Gasteiger partial charge on any atom is -0.508 e. The molecule has 0 saturated carbocycles. The zero-order chi connectivity index (χ0) is 18.8. The number of benzene rings is 2. The van der Waals surface area contributed by atoms with E-state index < -0.39 is 5.50 Å². The van der Waals surface area contributed by atoms with Gasteiger partial charge in [0.2, 0.25) is 0 Å². The van der Waals surface area contributed by atoms with Gasteiger partial charge in [0.15, 0.2) is 6.79 Å². The van der Waals surface area contributed by atoms with Gasteiger partial charge in [0.1, 0.15) is 19.3 Å². The summed E-state index contributed by atoms with van der Waals surface area (Å²) >= 11 is 0. The Morgan fingerprint density at radius 1 is 1.12 bits per heavy atom. The van der Waals surface area contributed by atoms with Crippen LogP contribution in [0.4, 0.5) is 0 Å². The topological polar surface area (TPSA) is 58.9 Å². The van der Waals surface area contributed by atoms with Crippen LogP contribution in [0.5, 0.6) is 11.5 Å². The average Bonchev–Trinajstić information content (AvgIpc) is 2.51. The lowest BCUT2D eigenvalue weighted by Gasteiger charge is -2.30. The fourth-order valence-corrected chi connectivity index (χ4v) is 3.18. The highest BCUT2D eigenvalue weighted by Gasteiger charge is 2.29. The van der Waals surface area contributed by atoms with Crippen LogP contribution in [0, 0.1) is 13.8 Å². The van der Waals surface area contributed by atoms with Crippen LogP contribution in [0.3, 0.4) is 0 Å². The number of aromatic hydroxyl groups is 1. The van der Waals surface area contributed by atoms with E-state index in [1.54, 1.807) is 31.4 Å². The second kappa shape index (κ2) is 7.50. The molecule has 0 aliphatic rings. The van der Waals surface area contributed by atoms with E-state index in [1.807, 2.05) is 33.8 Å². The summed E-state index contributed by atoms with van der Waals surface area (Å²) in [7, 11) is 7.91. The van der Waals surface area contributed by atoms with Gasteiger partial charge in [-0.3, -0.25) is 0 Å². The monoisotopic (exact) mass is 340 g/mol. The molecule has 0 heterocycles. The van der Waals surface area contributed by atoms with Gasteiger partial charge in [-0.05, 0) is 71.8 Å². The highest BCUT2D eigenvalue weighted by atomic mass is 16.7. The molecule has 2 rings (SSSR count). The fraction of sp³-hybridized carbons (Fsp3) is 0.400. The molecular weight excluding hydrogens is 315 g/mol. The number of aryl methyl sites for hydroxylation is 2. The first-order chi connectivity index (χ1) is 11.7. The van der Waals surface area contributed by atoms with Crippen molar-refractivity contribution in [2.24, 2.45) is 0 Å². The minimum absolute atomic E-state index is 0.153. The summed E-state index contributed by atoms with van der Waals surface area (Å²) in [5.74, 6) is 1.04. The lowest BCUT2D eigenvalue weighted by molar-refractivity contribution is 0.0502. The summed E-state index contributed by atoms with van der Waals surface area (Å²) in [5, 5.41) is 20.9. The van der Waals surface area contributed by atoms with Gasteiger partial charge in [0.25, 0.3) is 0 Å². The molecule has 2 N–H and O–H groups in total. The molecule has 2 radical (unpaired) electrons. The molecule has 0 fully saturated rings. The van der Waals surface area contributed by atoms with E-state index >= 15 is 0 Å². The van der Waals surface area contributed by atoms with E-state index in [0.29, 0.717) is 16.9 Å². The van der Waals surface area contributed by atoms with Crippen LogP contribution >= 0.6 is 0 Å². The molecule has 0 aromatic heterocycles. The number of aliphatic hydroxyl groups is 1. The predicted octanol–water partition coefficient (Wildman–Crippen LogP) is 3.48. The Kier molecular flexibility index (Phi) is 5.81. The quantitative estimate of drug-likeness (QED) is 0.624. The van der Waals surface area contributed by atoms with Crippen LogP contribution in [-0.2, 0) is 10.2 Å². The van der Waals surface area contributed by atoms with Crippen molar-refractivity contribution in [3.05, 3.63) is 58.1 Å². The molecular formula is C20H25BO4. The molecule has 25 heavy (non-hydrogen) atoms. The summed E-state index contributed by atoms with van der Waals surface area (Å²) in [6.07, 6.45) is 0. The molecule has 0 amide bonds. The fourth-order valence-electron chi connectivity index (χ4n) is 3.18. The largest absolute Gasteiger partial charge is 0.508 e. The molecule has 1 atom stereocenters. The van der Waals surface area contributed by atoms with Crippen molar-refractivity contribution in [3.8, 4) is 11.5 Å². The van der Waals surface area contributed by atoms with Crippen molar-refractivity contribution in [3.63, 3.8) is 0 Å². The van der Waals surface area contributed by atoms with Crippen molar-refractivity contribution in [1.29, 1.82) is 0 Å². The number of rotatable bonds is 6. The van der Waals surface area contributed by atoms with Crippen LogP contribution in [0.15, 0.2) is 30.3 Å². The van der Waals surface area contributed by atoms with Crippen LogP contribution in [0.25, 0.3) is 0 Å². The first-order valence-corrected chi connectivity index (χ1v) is 8.26. The van der Waals surface area contributed by atoms with E-state index in [4.69, 9.17) is 17.3 Å². The molecule has 2 aromatic rings. The number of phenols is 1. The van der Waals surface area contributed by atoms with Gasteiger partial charge in [-0.1, -0.05) is 19.9 Å². The Hall–Kier alpha value is -1.98. The Bertz CT molecular complexity index is 730. The highest BCUT2D eigenvalue weighted by molar-refractivity contribution is 6.17. The summed E-state index contributed by atoms with van der Waals surface area (Å²) in [6.45, 7) is 7.89. The Morgan fingerprint density at radius 3 is 2.24 bits per heavy atom. The van der Waals surface area contributed by atoms with E-state index in [0.717, 1.165) is 16.7 Å². The van der Waals surface area contributed by atoms with E-state index in [1.165, 1.54) is 0 Å². The molecule has 2 aromatic carbocycles. The normalized spacial score (nSPS) is 13.7. The van der Waals surface area contributed by atoms with Gasteiger partial charge in [0, 0.05) is 7.11 Å². The molecule has 0 aliphatic carbocycles.